The lowest BCUT2D eigenvalue weighted by Gasteiger charge is -2.23. The molecular weight excluding hydrogens is 460 g/mol. The van der Waals surface area contributed by atoms with Crippen LogP contribution in [0.5, 0.6) is 0 Å². The third-order valence-electron chi connectivity index (χ3n) is 4.79. The van der Waals surface area contributed by atoms with Gasteiger partial charge in [-0.05, 0) is 52.2 Å². The van der Waals surface area contributed by atoms with E-state index >= 15 is 0 Å². The molecule has 0 bridgehead atoms. The molecule has 3 aromatic rings. The van der Waals surface area contributed by atoms with Crippen LogP contribution in [-0.2, 0) is 30.4 Å². The summed E-state index contributed by atoms with van der Waals surface area (Å²) in [5.41, 5.74) is 0.900. The standard InChI is InChI=1S/C20H22N2O6S3/c1-21(2)31(27,28)18-6-4-16(5-7-18)19(22(24)14-23)13-30(25,26)12-15-3-8-20-17(11-15)9-10-29-20/h3-11,14,19,24H,12-13H2,1-2H3. The van der Waals surface area contributed by atoms with E-state index in [1.807, 2.05) is 17.5 Å². The van der Waals surface area contributed by atoms with E-state index < -0.39 is 31.7 Å². The Morgan fingerprint density at radius 1 is 1.03 bits per heavy atom. The monoisotopic (exact) mass is 482 g/mol. The summed E-state index contributed by atoms with van der Waals surface area (Å²) in [4.78, 5) is 11.2. The molecule has 1 amide bonds. The molecule has 11 heteroatoms. The molecule has 0 fully saturated rings. The Kier molecular flexibility index (Phi) is 6.82. The highest BCUT2D eigenvalue weighted by molar-refractivity contribution is 7.90. The van der Waals surface area contributed by atoms with Crippen LogP contribution >= 0.6 is 11.3 Å². The van der Waals surface area contributed by atoms with E-state index in [0.29, 0.717) is 11.1 Å². The van der Waals surface area contributed by atoms with Gasteiger partial charge in [-0.1, -0.05) is 18.2 Å². The van der Waals surface area contributed by atoms with Crippen molar-refractivity contribution >= 4 is 47.7 Å². The Bertz CT molecular complexity index is 1280. The van der Waals surface area contributed by atoms with E-state index in [1.54, 1.807) is 23.5 Å². The second-order valence-corrected chi connectivity index (χ2v) is 12.4. The molecule has 166 valence electrons. The number of carbonyl (C=O) groups excluding carboxylic acids is 1. The number of fused-ring (bicyclic) bond motifs is 1. The fourth-order valence-corrected chi connectivity index (χ4v) is 6.43. The molecule has 0 aliphatic heterocycles. The average Bonchev–Trinajstić information content (AvgIpc) is 3.19. The lowest BCUT2D eigenvalue weighted by atomic mass is 10.1. The quantitative estimate of drug-likeness (QED) is 0.285. The van der Waals surface area contributed by atoms with Gasteiger partial charge in [0.25, 0.3) is 0 Å². The fourth-order valence-electron chi connectivity index (χ4n) is 3.13. The predicted octanol–water partition coefficient (Wildman–Crippen LogP) is 2.66. The minimum Gasteiger partial charge on any atom is -0.285 e. The molecule has 1 atom stereocenters. The van der Waals surface area contributed by atoms with Gasteiger partial charge in [-0.2, -0.15) is 0 Å². The maximum Gasteiger partial charge on any atom is 0.242 e. The summed E-state index contributed by atoms with van der Waals surface area (Å²) < 4.78 is 52.2. The molecular formula is C20H22N2O6S3. The lowest BCUT2D eigenvalue weighted by Crippen LogP contribution is -2.30. The van der Waals surface area contributed by atoms with Gasteiger partial charge in [0.2, 0.25) is 16.4 Å². The number of hydrogen-bond donors (Lipinski definition) is 1. The van der Waals surface area contributed by atoms with Gasteiger partial charge in [-0.15, -0.1) is 11.3 Å². The van der Waals surface area contributed by atoms with Crippen LogP contribution < -0.4 is 0 Å². The number of benzene rings is 2. The van der Waals surface area contributed by atoms with Crippen LogP contribution in [0.4, 0.5) is 0 Å². The molecule has 2 aromatic carbocycles. The van der Waals surface area contributed by atoms with E-state index in [-0.39, 0.29) is 22.1 Å². The topological polar surface area (TPSA) is 112 Å². The first-order chi connectivity index (χ1) is 14.5. The zero-order chi connectivity index (χ0) is 22.8. The SMILES string of the molecule is CN(C)S(=O)(=O)c1ccc(C(CS(=O)(=O)Cc2ccc3sccc3c2)N(O)C=O)cc1. The van der Waals surface area contributed by atoms with Gasteiger partial charge >= 0.3 is 0 Å². The molecule has 8 nitrogen and oxygen atoms in total. The summed E-state index contributed by atoms with van der Waals surface area (Å²) in [6.07, 6.45) is 0.127. The maximum absolute atomic E-state index is 12.8. The number of amides is 1. The van der Waals surface area contributed by atoms with E-state index in [2.05, 4.69) is 0 Å². The first-order valence-electron chi connectivity index (χ1n) is 9.15. The normalized spacial score (nSPS) is 13.4. The highest BCUT2D eigenvalue weighted by atomic mass is 32.2. The van der Waals surface area contributed by atoms with E-state index in [0.717, 1.165) is 14.4 Å². The Balaban J connectivity index is 1.86. The maximum atomic E-state index is 12.8. The Labute approximate surface area is 185 Å². The molecule has 1 N–H and O–H groups in total. The van der Waals surface area contributed by atoms with Crippen LogP contribution in [0.15, 0.2) is 58.8 Å². The van der Waals surface area contributed by atoms with Crippen molar-refractivity contribution in [2.24, 2.45) is 0 Å². The van der Waals surface area contributed by atoms with Gasteiger partial charge in [-0.3, -0.25) is 10.0 Å². The molecule has 1 heterocycles. The van der Waals surface area contributed by atoms with Crippen LogP contribution in [-0.4, -0.2) is 57.7 Å². The molecule has 0 spiro atoms. The second-order valence-electron chi connectivity index (χ2n) is 7.21. The van der Waals surface area contributed by atoms with Crippen molar-refractivity contribution in [3.05, 3.63) is 65.0 Å². The first kappa shape index (κ1) is 23.4. The van der Waals surface area contributed by atoms with Gasteiger partial charge in [0.15, 0.2) is 9.84 Å². The van der Waals surface area contributed by atoms with Gasteiger partial charge in [0.1, 0.15) is 0 Å². The molecule has 0 aliphatic rings. The number of carbonyl (C=O) groups is 1. The molecule has 0 aliphatic carbocycles. The number of hydrogen-bond acceptors (Lipinski definition) is 7. The van der Waals surface area contributed by atoms with Crippen molar-refractivity contribution in [2.75, 3.05) is 19.8 Å². The van der Waals surface area contributed by atoms with Crippen LogP contribution in [0.1, 0.15) is 17.2 Å². The van der Waals surface area contributed by atoms with E-state index in [9.17, 15) is 26.8 Å². The summed E-state index contributed by atoms with van der Waals surface area (Å²) in [6.45, 7) is 0. The minimum atomic E-state index is -3.72. The summed E-state index contributed by atoms with van der Waals surface area (Å²) in [5.74, 6) is -0.779. The Morgan fingerprint density at radius 3 is 2.32 bits per heavy atom. The molecule has 3 rings (SSSR count). The number of nitrogens with zero attached hydrogens (tertiary/aromatic N) is 2. The fraction of sp³-hybridized carbons (Fsp3) is 0.250. The summed E-state index contributed by atoms with van der Waals surface area (Å²) >= 11 is 1.56. The minimum absolute atomic E-state index is 0.0162. The lowest BCUT2D eigenvalue weighted by molar-refractivity contribution is -0.158. The van der Waals surface area contributed by atoms with Gasteiger partial charge in [0.05, 0.1) is 22.4 Å². The third kappa shape index (κ3) is 5.31. The van der Waals surface area contributed by atoms with Crippen LogP contribution in [0.25, 0.3) is 10.1 Å². The Hall–Kier alpha value is -2.31. The summed E-state index contributed by atoms with van der Waals surface area (Å²) in [5, 5.41) is 13.2. The van der Waals surface area contributed by atoms with Crippen molar-refractivity contribution in [2.45, 2.75) is 16.7 Å². The molecule has 1 aromatic heterocycles. The zero-order valence-corrected chi connectivity index (χ0v) is 19.3. The predicted molar refractivity (Wildman–Crippen MR) is 119 cm³/mol. The van der Waals surface area contributed by atoms with Crippen molar-refractivity contribution < 1.29 is 26.8 Å². The number of thiophene rings is 1. The van der Waals surface area contributed by atoms with Gasteiger partial charge in [-0.25, -0.2) is 26.2 Å². The highest BCUT2D eigenvalue weighted by Gasteiger charge is 2.27. The molecule has 0 saturated carbocycles. The largest absolute Gasteiger partial charge is 0.285 e. The molecule has 1 unspecified atom stereocenters. The first-order valence-corrected chi connectivity index (χ1v) is 13.3. The smallest absolute Gasteiger partial charge is 0.242 e. The average molecular weight is 483 g/mol. The van der Waals surface area contributed by atoms with Crippen molar-refractivity contribution in [1.82, 2.24) is 9.37 Å². The van der Waals surface area contributed by atoms with E-state index in [4.69, 9.17) is 0 Å². The third-order valence-corrected chi connectivity index (χ3v) is 9.11. The van der Waals surface area contributed by atoms with Gasteiger partial charge < -0.3 is 0 Å². The van der Waals surface area contributed by atoms with Crippen LogP contribution in [0, 0.1) is 0 Å². The molecule has 0 radical (unpaired) electrons. The molecule has 31 heavy (non-hydrogen) atoms. The van der Waals surface area contributed by atoms with Gasteiger partial charge in [0, 0.05) is 18.8 Å². The number of rotatable bonds is 9. The number of sulfonamides is 1. The van der Waals surface area contributed by atoms with Crippen molar-refractivity contribution in [3.63, 3.8) is 0 Å². The summed E-state index contributed by atoms with van der Waals surface area (Å²) in [6, 6.07) is 11.5. The highest BCUT2D eigenvalue weighted by Crippen LogP contribution is 2.26. The van der Waals surface area contributed by atoms with Crippen LogP contribution in [0.2, 0.25) is 0 Å². The van der Waals surface area contributed by atoms with Crippen molar-refractivity contribution in [1.29, 1.82) is 0 Å². The second kappa shape index (κ2) is 9.05. The Morgan fingerprint density at radius 2 is 1.71 bits per heavy atom. The van der Waals surface area contributed by atoms with Crippen LogP contribution in [0.3, 0.4) is 0 Å². The van der Waals surface area contributed by atoms with Crippen molar-refractivity contribution in [3.8, 4) is 0 Å². The van der Waals surface area contributed by atoms with E-state index in [1.165, 1.54) is 38.4 Å². The molecule has 0 saturated heterocycles. The number of hydroxylamine groups is 2. The number of sulfone groups is 1. The zero-order valence-electron chi connectivity index (χ0n) is 16.9. The summed E-state index contributed by atoms with van der Waals surface area (Å²) in [7, 11) is -4.59.